The van der Waals surface area contributed by atoms with E-state index in [1.54, 1.807) is 0 Å². The van der Waals surface area contributed by atoms with Crippen molar-refractivity contribution >= 4 is 0 Å². The summed E-state index contributed by atoms with van der Waals surface area (Å²) in [7, 11) is 0. The largest absolute Gasteiger partial charge is 0.332 e. The van der Waals surface area contributed by atoms with Gasteiger partial charge >= 0.3 is 0 Å². The van der Waals surface area contributed by atoms with E-state index < -0.39 is 0 Å². The molecule has 0 radical (unpaired) electrons. The van der Waals surface area contributed by atoms with Crippen LogP contribution in [-0.4, -0.2) is 9.55 Å². The number of aromatic nitrogens is 2. The van der Waals surface area contributed by atoms with Crippen molar-refractivity contribution in [1.82, 2.24) is 9.55 Å². The van der Waals surface area contributed by atoms with Gasteiger partial charge in [0.05, 0.1) is 5.69 Å². The van der Waals surface area contributed by atoms with Crippen molar-refractivity contribution in [2.45, 2.75) is 54.5 Å². The highest BCUT2D eigenvalue weighted by Gasteiger charge is 2.18. The molecule has 80 valence electrons. The summed E-state index contributed by atoms with van der Waals surface area (Å²) >= 11 is 0. The van der Waals surface area contributed by atoms with E-state index in [-0.39, 0.29) is 0 Å². The average Bonchev–Trinajstić information content (AvgIpc) is 2.32. The van der Waals surface area contributed by atoms with Crippen molar-refractivity contribution in [3.63, 3.8) is 0 Å². The summed E-state index contributed by atoms with van der Waals surface area (Å²) in [5, 5.41) is 0. The predicted octanol–water partition coefficient (Wildman–Crippen LogP) is 3.24. The van der Waals surface area contributed by atoms with Crippen LogP contribution in [0.4, 0.5) is 0 Å². The average molecular weight is 194 g/mol. The van der Waals surface area contributed by atoms with Crippen LogP contribution in [0.2, 0.25) is 0 Å². The number of rotatable bonds is 3. The Kier molecular flexibility index (Phi) is 3.03. The normalized spacial score (nSPS) is 12.1. The van der Waals surface area contributed by atoms with Gasteiger partial charge in [-0.2, -0.15) is 0 Å². The maximum atomic E-state index is 4.49. The van der Waals surface area contributed by atoms with E-state index in [0.29, 0.717) is 5.41 Å². The first-order chi connectivity index (χ1) is 6.37. The smallest absolute Gasteiger partial charge is 0.106 e. The van der Waals surface area contributed by atoms with Crippen molar-refractivity contribution in [2.24, 2.45) is 5.41 Å². The maximum absolute atomic E-state index is 4.49. The van der Waals surface area contributed by atoms with Crippen LogP contribution >= 0.6 is 0 Å². The number of imidazole rings is 1. The molecular weight excluding hydrogens is 172 g/mol. The molecule has 0 aliphatic rings. The first-order valence-corrected chi connectivity index (χ1v) is 5.37. The summed E-state index contributed by atoms with van der Waals surface area (Å²) in [5.41, 5.74) is 2.83. The highest BCUT2D eigenvalue weighted by molar-refractivity contribution is 5.13. The van der Waals surface area contributed by atoms with Gasteiger partial charge in [-0.1, -0.05) is 20.8 Å². The molecule has 0 N–H and O–H groups in total. The molecule has 2 nitrogen and oxygen atoms in total. The van der Waals surface area contributed by atoms with Crippen LogP contribution in [0, 0.1) is 26.2 Å². The van der Waals surface area contributed by atoms with Gasteiger partial charge in [-0.25, -0.2) is 4.98 Å². The first-order valence-electron chi connectivity index (χ1n) is 5.37. The second kappa shape index (κ2) is 3.76. The number of nitrogens with zero attached hydrogens (tertiary/aromatic N) is 2. The third-order valence-corrected chi connectivity index (χ3v) is 3.19. The number of hydrogen-bond acceptors (Lipinski definition) is 1. The van der Waals surface area contributed by atoms with Gasteiger partial charge < -0.3 is 4.57 Å². The van der Waals surface area contributed by atoms with E-state index >= 15 is 0 Å². The van der Waals surface area contributed by atoms with Gasteiger partial charge in [0.1, 0.15) is 5.82 Å². The van der Waals surface area contributed by atoms with Crippen molar-refractivity contribution in [2.75, 3.05) is 0 Å². The highest BCUT2D eigenvalue weighted by atomic mass is 15.1. The lowest BCUT2D eigenvalue weighted by molar-refractivity contribution is 0.289. The van der Waals surface area contributed by atoms with Crippen molar-refractivity contribution < 1.29 is 0 Å². The molecule has 1 rings (SSSR count). The van der Waals surface area contributed by atoms with Crippen molar-refractivity contribution in [3.05, 3.63) is 17.2 Å². The van der Waals surface area contributed by atoms with Gasteiger partial charge in [0.25, 0.3) is 0 Å². The van der Waals surface area contributed by atoms with Crippen LogP contribution in [0.15, 0.2) is 0 Å². The monoisotopic (exact) mass is 194 g/mol. The second-order valence-corrected chi connectivity index (χ2v) is 4.93. The molecule has 0 saturated heterocycles. The lowest BCUT2D eigenvalue weighted by Gasteiger charge is -2.24. The van der Waals surface area contributed by atoms with E-state index in [4.69, 9.17) is 0 Å². The zero-order valence-electron chi connectivity index (χ0n) is 10.3. The van der Waals surface area contributed by atoms with Crippen LogP contribution < -0.4 is 0 Å². The molecule has 0 amide bonds. The fourth-order valence-corrected chi connectivity index (χ4v) is 1.59. The van der Waals surface area contributed by atoms with E-state index in [0.717, 1.165) is 18.1 Å². The minimum atomic E-state index is 0.364. The number of hydrogen-bond donors (Lipinski definition) is 0. The molecule has 0 aromatic carbocycles. The molecule has 0 atom stereocenters. The minimum Gasteiger partial charge on any atom is -0.332 e. The third kappa shape index (κ3) is 2.17. The van der Waals surface area contributed by atoms with E-state index in [1.807, 2.05) is 0 Å². The molecule has 1 aromatic rings. The first kappa shape index (κ1) is 11.3. The second-order valence-electron chi connectivity index (χ2n) is 4.93. The molecule has 1 aromatic heterocycles. The molecule has 0 bridgehead atoms. The maximum Gasteiger partial charge on any atom is 0.106 e. The van der Waals surface area contributed by atoms with Gasteiger partial charge in [-0.3, -0.25) is 0 Å². The van der Waals surface area contributed by atoms with Gasteiger partial charge in [0.15, 0.2) is 0 Å². The Morgan fingerprint density at radius 3 is 2.14 bits per heavy atom. The van der Waals surface area contributed by atoms with Crippen LogP contribution in [-0.2, 0) is 6.54 Å². The van der Waals surface area contributed by atoms with Crippen LogP contribution in [0.25, 0.3) is 0 Å². The molecule has 0 saturated carbocycles. The molecule has 0 unspecified atom stereocenters. The standard InChI is InChI=1S/C12H22N2/c1-7-12(5,6)8-14-10(3)9(2)13-11(14)4/h7-8H2,1-6H3. The van der Waals surface area contributed by atoms with Crippen molar-refractivity contribution in [1.29, 1.82) is 0 Å². The lowest BCUT2D eigenvalue weighted by Crippen LogP contribution is -2.20. The SMILES string of the molecule is CCC(C)(C)Cn1c(C)nc(C)c1C. The topological polar surface area (TPSA) is 17.8 Å². The van der Waals surface area contributed by atoms with E-state index in [2.05, 4.69) is 51.1 Å². The Morgan fingerprint density at radius 1 is 1.21 bits per heavy atom. The molecule has 0 fully saturated rings. The van der Waals surface area contributed by atoms with Gasteiger partial charge in [0, 0.05) is 12.2 Å². The fraction of sp³-hybridized carbons (Fsp3) is 0.750. The minimum absolute atomic E-state index is 0.364. The summed E-state index contributed by atoms with van der Waals surface area (Å²) < 4.78 is 2.33. The van der Waals surface area contributed by atoms with Gasteiger partial charge in [-0.15, -0.1) is 0 Å². The fourth-order valence-electron chi connectivity index (χ4n) is 1.59. The molecule has 1 heterocycles. The Balaban J connectivity index is 2.97. The Morgan fingerprint density at radius 2 is 1.79 bits per heavy atom. The molecule has 2 heteroatoms. The summed E-state index contributed by atoms with van der Waals surface area (Å²) in [6.45, 7) is 14.3. The van der Waals surface area contributed by atoms with Gasteiger partial charge in [-0.05, 0) is 32.6 Å². The Labute approximate surface area is 87.4 Å². The summed E-state index contributed by atoms with van der Waals surface area (Å²) in [5.74, 6) is 1.14. The lowest BCUT2D eigenvalue weighted by atomic mass is 9.90. The predicted molar refractivity (Wildman–Crippen MR) is 60.5 cm³/mol. The zero-order chi connectivity index (χ0) is 10.9. The summed E-state index contributed by atoms with van der Waals surface area (Å²) in [4.78, 5) is 4.49. The molecule has 0 aliphatic carbocycles. The molecule has 0 aliphatic heterocycles. The van der Waals surface area contributed by atoms with Crippen LogP contribution in [0.3, 0.4) is 0 Å². The summed E-state index contributed by atoms with van der Waals surface area (Å²) in [6, 6.07) is 0. The third-order valence-electron chi connectivity index (χ3n) is 3.19. The Bertz CT molecular complexity index is 321. The molecule has 0 spiro atoms. The molecule has 14 heavy (non-hydrogen) atoms. The van der Waals surface area contributed by atoms with Crippen LogP contribution in [0.1, 0.15) is 44.4 Å². The zero-order valence-corrected chi connectivity index (χ0v) is 10.3. The highest BCUT2D eigenvalue weighted by Crippen LogP contribution is 2.24. The number of aryl methyl sites for hydroxylation is 2. The summed E-state index contributed by atoms with van der Waals surface area (Å²) in [6.07, 6.45) is 1.20. The van der Waals surface area contributed by atoms with Crippen molar-refractivity contribution in [3.8, 4) is 0 Å². The quantitative estimate of drug-likeness (QED) is 0.722. The Hall–Kier alpha value is -0.790. The van der Waals surface area contributed by atoms with E-state index in [1.165, 1.54) is 12.1 Å². The molecular formula is C12H22N2. The van der Waals surface area contributed by atoms with Crippen LogP contribution in [0.5, 0.6) is 0 Å². The van der Waals surface area contributed by atoms with E-state index in [9.17, 15) is 0 Å². The van der Waals surface area contributed by atoms with Gasteiger partial charge in [0.2, 0.25) is 0 Å².